The Labute approximate surface area is 179 Å². The Bertz CT molecular complexity index is 1200. The van der Waals surface area contributed by atoms with Crippen molar-refractivity contribution in [1.82, 2.24) is 14.7 Å². The average Bonchev–Trinajstić information content (AvgIpc) is 3.46. The smallest absolute Gasteiger partial charge is 0.258 e. The Hall–Kier alpha value is -3.38. The minimum atomic E-state index is -0.00469. The lowest BCUT2D eigenvalue weighted by molar-refractivity contribution is 0.0736. The van der Waals surface area contributed by atoms with Crippen LogP contribution in [0.3, 0.4) is 0 Å². The summed E-state index contributed by atoms with van der Waals surface area (Å²) in [4.78, 5) is 16.9. The topological polar surface area (TPSA) is 47.4 Å². The third-order valence-electron chi connectivity index (χ3n) is 5.42. The summed E-state index contributed by atoms with van der Waals surface area (Å²) in [5, 5.41) is 6.90. The van der Waals surface area contributed by atoms with Gasteiger partial charge in [-0.3, -0.25) is 4.79 Å². The summed E-state index contributed by atoms with van der Waals surface area (Å²) < 4.78 is 7.33. The molecule has 0 unspecified atom stereocenters. The molecule has 0 spiro atoms. The lowest BCUT2D eigenvalue weighted by Crippen LogP contribution is -2.35. The van der Waals surface area contributed by atoms with Crippen molar-refractivity contribution in [2.75, 3.05) is 13.7 Å². The summed E-state index contributed by atoms with van der Waals surface area (Å²) in [6.45, 7) is 1.35. The third-order valence-corrected chi connectivity index (χ3v) is 6.45. The van der Waals surface area contributed by atoms with Crippen LogP contribution >= 0.6 is 11.3 Å². The first-order valence-electron chi connectivity index (χ1n) is 9.87. The van der Waals surface area contributed by atoms with Crippen LogP contribution < -0.4 is 4.74 Å². The quantitative estimate of drug-likeness (QED) is 0.481. The first-order valence-corrected chi connectivity index (χ1v) is 10.8. The van der Waals surface area contributed by atoms with E-state index in [1.807, 2.05) is 65.7 Å². The van der Waals surface area contributed by atoms with Gasteiger partial charge in [-0.1, -0.05) is 30.3 Å². The molecule has 4 aromatic rings. The first-order chi connectivity index (χ1) is 14.7. The van der Waals surface area contributed by atoms with E-state index in [0.29, 0.717) is 30.1 Å². The van der Waals surface area contributed by atoms with E-state index in [2.05, 4.69) is 11.4 Å². The van der Waals surface area contributed by atoms with Crippen LogP contribution in [0.25, 0.3) is 16.9 Å². The van der Waals surface area contributed by atoms with E-state index in [0.717, 1.165) is 17.7 Å². The monoisotopic (exact) mass is 415 g/mol. The molecule has 0 atom stereocenters. The van der Waals surface area contributed by atoms with E-state index >= 15 is 0 Å². The van der Waals surface area contributed by atoms with Crippen LogP contribution in [0.15, 0.2) is 72.2 Å². The van der Waals surface area contributed by atoms with Gasteiger partial charge in [-0.25, -0.2) is 4.68 Å². The number of hydrogen-bond acceptors (Lipinski definition) is 4. The Balaban J connectivity index is 1.59. The van der Waals surface area contributed by atoms with Gasteiger partial charge in [0.25, 0.3) is 5.91 Å². The summed E-state index contributed by atoms with van der Waals surface area (Å²) in [6.07, 6.45) is 2.73. The minimum Gasteiger partial charge on any atom is -0.496 e. The fourth-order valence-electron chi connectivity index (χ4n) is 3.87. The number of carbonyl (C=O) groups excluding carboxylic acids is 1. The molecule has 1 aliphatic heterocycles. The number of fused-ring (bicyclic) bond motifs is 1. The highest BCUT2D eigenvalue weighted by atomic mass is 32.1. The molecule has 3 heterocycles. The Morgan fingerprint density at radius 2 is 1.87 bits per heavy atom. The van der Waals surface area contributed by atoms with Crippen molar-refractivity contribution in [2.24, 2.45) is 0 Å². The zero-order valence-corrected chi connectivity index (χ0v) is 17.4. The second-order valence-corrected chi connectivity index (χ2v) is 8.22. The minimum absolute atomic E-state index is 0.00469. The molecule has 1 amide bonds. The van der Waals surface area contributed by atoms with Gasteiger partial charge in [-0.05, 0) is 47.7 Å². The van der Waals surface area contributed by atoms with Gasteiger partial charge in [-0.15, -0.1) is 11.3 Å². The van der Waals surface area contributed by atoms with E-state index in [4.69, 9.17) is 9.84 Å². The van der Waals surface area contributed by atoms with Gasteiger partial charge in [0.05, 0.1) is 18.4 Å². The molecule has 5 rings (SSSR count). The molecule has 5 nitrogen and oxygen atoms in total. The number of thiophene rings is 1. The predicted octanol–water partition coefficient (Wildman–Crippen LogP) is 4.81. The Morgan fingerprint density at radius 3 is 2.70 bits per heavy atom. The van der Waals surface area contributed by atoms with Gasteiger partial charge in [0, 0.05) is 29.7 Å². The number of benzene rings is 2. The van der Waals surface area contributed by atoms with E-state index < -0.39 is 0 Å². The molecular weight excluding hydrogens is 394 g/mol. The third kappa shape index (κ3) is 3.29. The molecule has 2 aromatic carbocycles. The van der Waals surface area contributed by atoms with Crippen LogP contribution in [-0.2, 0) is 13.0 Å². The summed E-state index contributed by atoms with van der Waals surface area (Å²) >= 11 is 1.77. The molecule has 6 heteroatoms. The van der Waals surface area contributed by atoms with Crippen LogP contribution in [0, 0.1) is 0 Å². The van der Waals surface area contributed by atoms with Crippen molar-refractivity contribution in [3.8, 4) is 22.7 Å². The zero-order valence-electron chi connectivity index (χ0n) is 16.6. The number of carbonyl (C=O) groups is 1. The molecule has 2 aromatic heterocycles. The van der Waals surface area contributed by atoms with Crippen LogP contribution in [0.2, 0.25) is 0 Å². The summed E-state index contributed by atoms with van der Waals surface area (Å²) in [5.74, 6) is 0.693. The van der Waals surface area contributed by atoms with Crippen LogP contribution in [0.5, 0.6) is 5.75 Å². The van der Waals surface area contributed by atoms with Crippen molar-refractivity contribution in [2.45, 2.75) is 13.0 Å². The normalized spacial score (nSPS) is 13.2. The summed E-state index contributed by atoms with van der Waals surface area (Å²) in [6, 6.07) is 19.7. The second kappa shape index (κ2) is 7.80. The van der Waals surface area contributed by atoms with Crippen molar-refractivity contribution in [3.63, 3.8) is 0 Å². The highest BCUT2D eigenvalue weighted by molar-refractivity contribution is 7.10. The molecule has 0 fully saturated rings. The van der Waals surface area contributed by atoms with E-state index in [1.54, 1.807) is 23.1 Å². The number of methoxy groups -OCH3 is 1. The summed E-state index contributed by atoms with van der Waals surface area (Å²) in [7, 11) is 1.64. The number of rotatable bonds is 4. The fourth-order valence-corrected chi connectivity index (χ4v) is 4.76. The highest BCUT2D eigenvalue weighted by Crippen LogP contribution is 2.33. The molecule has 0 aliphatic carbocycles. The first kappa shape index (κ1) is 18.6. The van der Waals surface area contributed by atoms with Crippen LogP contribution in [0.1, 0.15) is 20.8 Å². The molecule has 0 saturated carbocycles. The molecule has 0 N–H and O–H groups in total. The van der Waals surface area contributed by atoms with Gasteiger partial charge in [0.15, 0.2) is 0 Å². The summed E-state index contributed by atoms with van der Waals surface area (Å²) in [5.41, 5.74) is 4.19. The largest absolute Gasteiger partial charge is 0.496 e. The lowest BCUT2D eigenvalue weighted by Gasteiger charge is -2.27. The van der Waals surface area contributed by atoms with Gasteiger partial charge in [0.1, 0.15) is 11.4 Å². The van der Waals surface area contributed by atoms with E-state index in [1.165, 1.54) is 10.4 Å². The van der Waals surface area contributed by atoms with Gasteiger partial charge >= 0.3 is 0 Å². The van der Waals surface area contributed by atoms with Gasteiger partial charge in [-0.2, -0.15) is 5.10 Å². The molecule has 0 bridgehead atoms. The van der Waals surface area contributed by atoms with Gasteiger partial charge in [0.2, 0.25) is 0 Å². The maximum atomic E-state index is 13.6. The zero-order chi connectivity index (χ0) is 20.5. The second-order valence-electron chi connectivity index (χ2n) is 7.22. The lowest BCUT2D eigenvalue weighted by atomic mass is 10.0. The Kier molecular flexibility index (Phi) is 4.85. The van der Waals surface area contributed by atoms with E-state index in [9.17, 15) is 4.79 Å². The number of nitrogens with zero attached hydrogens (tertiary/aromatic N) is 3. The van der Waals surface area contributed by atoms with Crippen molar-refractivity contribution < 1.29 is 9.53 Å². The molecule has 1 aliphatic rings. The number of hydrogen-bond donors (Lipinski definition) is 0. The molecular formula is C24H21N3O2S. The number of aromatic nitrogens is 2. The van der Waals surface area contributed by atoms with Gasteiger partial charge < -0.3 is 9.64 Å². The maximum Gasteiger partial charge on any atom is 0.258 e. The Morgan fingerprint density at radius 1 is 1.07 bits per heavy atom. The van der Waals surface area contributed by atoms with Crippen molar-refractivity contribution in [3.05, 3.63) is 88.2 Å². The molecule has 30 heavy (non-hydrogen) atoms. The number of para-hydroxylation sites is 2. The average molecular weight is 416 g/mol. The number of amides is 1. The molecule has 150 valence electrons. The van der Waals surface area contributed by atoms with Crippen LogP contribution in [0.4, 0.5) is 0 Å². The molecule has 0 radical (unpaired) electrons. The number of ether oxygens (including phenoxy) is 1. The standard InChI is InChI=1S/C24H21N3O2S/c1-29-21-10-6-5-9-19(21)23-20(16-27(25-23)18-7-3-2-4-8-18)24(28)26-13-11-22-17(15-26)12-14-30-22/h2-10,12,14,16H,11,13,15H2,1H3. The van der Waals surface area contributed by atoms with Crippen LogP contribution in [-0.4, -0.2) is 34.2 Å². The van der Waals surface area contributed by atoms with E-state index in [-0.39, 0.29) is 5.91 Å². The fraction of sp³-hybridized carbons (Fsp3) is 0.167. The van der Waals surface area contributed by atoms with Crippen molar-refractivity contribution in [1.29, 1.82) is 0 Å². The highest BCUT2D eigenvalue weighted by Gasteiger charge is 2.27. The predicted molar refractivity (Wildman–Crippen MR) is 118 cm³/mol. The van der Waals surface area contributed by atoms with Crippen molar-refractivity contribution >= 4 is 17.2 Å². The maximum absolute atomic E-state index is 13.6. The SMILES string of the molecule is COc1ccccc1-c1nn(-c2ccccc2)cc1C(=O)N1CCc2sccc2C1. The molecule has 0 saturated heterocycles.